The number of ether oxygens (including phenoxy) is 2. The lowest BCUT2D eigenvalue weighted by Crippen LogP contribution is -2.51. The maximum atomic E-state index is 13.0. The predicted molar refractivity (Wildman–Crippen MR) is 185 cm³/mol. The van der Waals surface area contributed by atoms with E-state index in [9.17, 15) is 9.59 Å². The molecule has 4 aliphatic carbocycles. The zero-order valence-corrected chi connectivity index (χ0v) is 29.8. The lowest BCUT2D eigenvalue weighted by molar-refractivity contribution is -0.153. The van der Waals surface area contributed by atoms with Crippen molar-refractivity contribution in [1.29, 1.82) is 0 Å². The van der Waals surface area contributed by atoms with Crippen molar-refractivity contribution < 1.29 is 18.7 Å². The largest absolute Gasteiger partial charge is 0.481 e. The Hall–Kier alpha value is -2.56. The second-order valence-corrected chi connectivity index (χ2v) is 16.6. The number of hydrogen-bond acceptors (Lipinski definition) is 5. The fourth-order valence-corrected chi connectivity index (χ4v) is 10.9. The van der Waals surface area contributed by atoms with Gasteiger partial charge in [-0.05, 0) is 130 Å². The molecule has 0 N–H and O–H groups in total. The van der Waals surface area contributed by atoms with Gasteiger partial charge < -0.3 is 13.9 Å². The van der Waals surface area contributed by atoms with E-state index in [2.05, 4.69) is 40.7 Å². The lowest BCUT2D eigenvalue weighted by Gasteiger charge is -2.58. The van der Waals surface area contributed by atoms with Crippen LogP contribution in [0.25, 0.3) is 11.0 Å². The van der Waals surface area contributed by atoms with Crippen LogP contribution >= 0.6 is 0 Å². The van der Waals surface area contributed by atoms with Crippen LogP contribution < -0.4 is 10.4 Å². The average molecular weight is 631 g/mol. The third-order valence-electron chi connectivity index (χ3n) is 13.7. The molecule has 0 aliphatic heterocycles. The Labute approximate surface area is 276 Å². The molecule has 3 saturated carbocycles. The molecular weight excluding hydrogens is 572 g/mol. The molecule has 1 aromatic carbocycles. The summed E-state index contributed by atoms with van der Waals surface area (Å²) in [6.45, 7) is 17.9. The third kappa shape index (κ3) is 5.87. The molecule has 46 heavy (non-hydrogen) atoms. The maximum absolute atomic E-state index is 13.0. The molecule has 1 aromatic heterocycles. The molecular formula is C41H58O5. The van der Waals surface area contributed by atoms with Gasteiger partial charge >= 0.3 is 11.6 Å². The third-order valence-corrected chi connectivity index (χ3v) is 13.7. The maximum Gasteiger partial charge on any atom is 0.344 e. The van der Waals surface area contributed by atoms with Crippen molar-refractivity contribution in [1.82, 2.24) is 0 Å². The highest BCUT2D eigenvalue weighted by Crippen LogP contribution is 2.67. The fourth-order valence-electron chi connectivity index (χ4n) is 10.9. The van der Waals surface area contributed by atoms with E-state index in [1.54, 1.807) is 6.92 Å². The van der Waals surface area contributed by atoms with Gasteiger partial charge in [-0.3, -0.25) is 0 Å². The first kappa shape index (κ1) is 33.3. The molecule has 252 valence electrons. The number of carbonyl (C=O) groups excluding carboxylic acids is 1. The van der Waals surface area contributed by atoms with Crippen LogP contribution in [0.15, 0.2) is 33.0 Å². The fraction of sp³-hybridized carbons (Fsp3) is 0.707. The van der Waals surface area contributed by atoms with Crippen LogP contribution in [-0.2, 0) is 9.53 Å². The van der Waals surface area contributed by atoms with Gasteiger partial charge in [0.1, 0.15) is 17.4 Å². The van der Waals surface area contributed by atoms with E-state index < -0.39 is 0 Å². The number of fused-ring (bicyclic) bond motifs is 6. The van der Waals surface area contributed by atoms with Crippen molar-refractivity contribution in [2.45, 2.75) is 132 Å². The summed E-state index contributed by atoms with van der Waals surface area (Å²) in [5.41, 5.74) is 4.68. The van der Waals surface area contributed by atoms with E-state index in [0.717, 1.165) is 71.3 Å². The number of esters is 1. The minimum Gasteiger partial charge on any atom is -0.481 e. The monoisotopic (exact) mass is 630 g/mol. The summed E-state index contributed by atoms with van der Waals surface area (Å²) < 4.78 is 17.5. The van der Waals surface area contributed by atoms with Gasteiger partial charge in [-0.2, -0.15) is 0 Å². The molecule has 5 nitrogen and oxygen atoms in total. The molecule has 0 spiro atoms. The van der Waals surface area contributed by atoms with Crippen LogP contribution in [0.3, 0.4) is 0 Å². The van der Waals surface area contributed by atoms with Crippen LogP contribution in [0.1, 0.15) is 122 Å². The number of carbonyl (C=O) groups is 1. The van der Waals surface area contributed by atoms with Crippen LogP contribution in [0.2, 0.25) is 0 Å². The summed E-state index contributed by atoms with van der Waals surface area (Å²) >= 11 is 0. The Balaban J connectivity index is 1.07. The van der Waals surface area contributed by atoms with Gasteiger partial charge in [0.2, 0.25) is 0 Å². The molecule has 4 aliphatic rings. The van der Waals surface area contributed by atoms with Gasteiger partial charge in [-0.1, -0.05) is 65.5 Å². The number of aryl methyl sites for hydroxylation is 2. The van der Waals surface area contributed by atoms with Crippen molar-refractivity contribution in [3.63, 3.8) is 0 Å². The SMILES string of the molecule is Cc1c(C)c2ccc(OCC(=O)OC3CCC4(C)C(=CCC5C4CCC4(C)C(C(C)CCCC(C)C)CCC54)C3)c(C)c2oc1=O. The highest BCUT2D eigenvalue weighted by atomic mass is 16.6. The minimum absolute atomic E-state index is 0.0928. The summed E-state index contributed by atoms with van der Waals surface area (Å²) in [6.07, 6.45) is 16.2. The highest BCUT2D eigenvalue weighted by molar-refractivity contribution is 5.85. The van der Waals surface area contributed by atoms with Gasteiger partial charge in [-0.15, -0.1) is 0 Å². The molecule has 0 radical (unpaired) electrons. The first-order valence-electron chi connectivity index (χ1n) is 18.4. The first-order valence-corrected chi connectivity index (χ1v) is 18.4. The van der Waals surface area contributed by atoms with Gasteiger partial charge in [0.15, 0.2) is 6.61 Å². The van der Waals surface area contributed by atoms with Crippen LogP contribution in [0.5, 0.6) is 5.75 Å². The molecule has 0 saturated heterocycles. The molecule has 2 aromatic rings. The Bertz CT molecular complexity index is 1550. The smallest absolute Gasteiger partial charge is 0.344 e. The number of hydrogen-bond donors (Lipinski definition) is 0. The molecule has 8 atom stereocenters. The normalized spacial score (nSPS) is 32.8. The quantitative estimate of drug-likeness (QED) is 0.157. The second kappa shape index (κ2) is 12.8. The molecule has 0 bridgehead atoms. The zero-order chi connectivity index (χ0) is 33.0. The van der Waals surface area contributed by atoms with Crippen molar-refractivity contribution in [2.24, 2.45) is 46.3 Å². The Morgan fingerprint density at radius 3 is 2.50 bits per heavy atom. The standard InChI is InChI=1S/C41H58O5/c1-24(2)10-9-11-25(3)33-15-16-34-32-13-12-29-22-30(18-20-40(29,7)35(32)19-21-41(33,34)8)45-37(42)23-44-36-17-14-31-26(4)27(5)39(43)46-38(31)28(36)6/h12,14,17,24-25,30,32-35H,9-11,13,15-16,18-23H2,1-8H3. The summed E-state index contributed by atoms with van der Waals surface area (Å²) in [7, 11) is 0. The number of rotatable bonds is 9. The van der Waals surface area contributed by atoms with Gasteiger partial charge in [-0.25, -0.2) is 9.59 Å². The highest BCUT2D eigenvalue weighted by Gasteiger charge is 2.59. The molecule has 8 unspecified atom stereocenters. The van der Waals surface area contributed by atoms with Crippen LogP contribution in [-0.4, -0.2) is 18.7 Å². The van der Waals surface area contributed by atoms with Crippen molar-refractivity contribution in [3.05, 3.63) is 50.9 Å². The first-order chi connectivity index (χ1) is 21.8. The Kier molecular flexibility index (Phi) is 9.28. The van der Waals surface area contributed by atoms with Crippen molar-refractivity contribution >= 4 is 16.9 Å². The van der Waals surface area contributed by atoms with Gasteiger partial charge in [0.25, 0.3) is 0 Å². The summed E-state index contributed by atoms with van der Waals surface area (Å²) in [5, 5.41) is 0.889. The zero-order valence-electron chi connectivity index (χ0n) is 29.8. The van der Waals surface area contributed by atoms with E-state index in [1.165, 1.54) is 56.9 Å². The molecule has 3 fully saturated rings. The Morgan fingerprint density at radius 2 is 1.74 bits per heavy atom. The van der Waals surface area contributed by atoms with E-state index in [0.29, 0.717) is 22.3 Å². The summed E-state index contributed by atoms with van der Waals surface area (Å²) in [6, 6.07) is 3.75. The Morgan fingerprint density at radius 1 is 0.957 bits per heavy atom. The lowest BCUT2D eigenvalue weighted by atomic mass is 9.47. The molecule has 6 rings (SSSR count). The summed E-state index contributed by atoms with van der Waals surface area (Å²) in [5.74, 6) is 5.14. The van der Waals surface area contributed by atoms with Crippen molar-refractivity contribution in [3.8, 4) is 5.75 Å². The van der Waals surface area contributed by atoms with E-state index in [1.807, 2.05) is 26.0 Å². The minimum atomic E-state index is -0.339. The topological polar surface area (TPSA) is 65.7 Å². The van der Waals surface area contributed by atoms with Gasteiger partial charge in [0.05, 0.1) is 0 Å². The number of allylic oxidation sites excluding steroid dienone is 1. The predicted octanol–water partition coefficient (Wildman–Crippen LogP) is 10.1. The van der Waals surface area contributed by atoms with Crippen molar-refractivity contribution in [2.75, 3.05) is 6.61 Å². The summed E-state index contributed by atoms with van der Waals surface area (Å²) in [4.78, 5) is 25.3. The molecule has 1 heterocycles. The second-order valence-electron chi connectivity index (χ2n) is 16.6. The average Bonchev–Trinajstić information content (AvgIpc) is 3.37. The van der Waals surface area contributed by atoms with E-state index in [-0.39, 0.29) is 29.7 Å². The molecule has 0 amide bonds. The molecule has 5 heteroatoms. The van der Waals surface area contributed by atoms with E-state index in [4.69, 9.17) is 13.9 Å². The van der Waals surface area contributed by atoms with Crippen LogP contribution in [0.4, 0.5) is 0 Å². The number of benzene rings is 1. The van der Waals surface area contributed by atoms with Gasteiger partial charge in [0, 0.05) is 22.9 Å². The van der Waals surface area contributed by atoms with E-state index >= 15 is 0 Å². The van der Waals surface area contributed by atoms with Crippen LogP contribution in [0, 0.1) is 67.1 Å².